The number of hydrogen-bond acceptors (Lipinski definition) is 2. The van der Waals surface area contributed by atoms with Crippen LogP contribution in [0.4, 0.5) is 5.69 Å². The van der Waals surface area contributed by atoms with E-state index in [1.54, 1.807) is 10.6 Å². The standard InChI is InChI=1S/C10H16N2O/c1-7(2)6-12-8(3)4-5-9(11)10(12)13/h4-5,7H,6,11H2,1-3H3. The van der Waals surface area contributed by atoms with E-state index in [2.05, 4.69) is 13.8 Å². The van der Waals surface area contributed by atoms with Gasteiger partial charge in [-0.15, -0.1) is 0 Å². The largest absolute Gasteiger partial charge is 0.394 e. The second-order valence-electron chi connectivity index (χ2n) is 3.74. The fraction of sp³-hybridized carbons (Fsp3) is 0.500. The average molecular weight is 180 g/mol. The molecule has 0 aliphatic rings. The van der Waals surface area contributed by atoms with Crippen molar-refractivity contribution in [2.24, 2.45) is 5.92 Å². The highest BCUT2D eigenvalue weighted by Gasteiger charge is 2.04. The normalized spacial score (nSPS) is 10.8. The first-order valence-corrected chi connectivity index (χ1v) is 4.48. The predicted molar refractivity (Wildman–Crippen MR) is 54.7 cm³/mol. The Morgan fingerprint density at radius 2 is 2.08 bits per heavy atom. The first kappa shape index (κ1) is 9.84. The van der Waals surface area contributed by atoms with Crippen LogP contribution >= 0.6 is 0 Å². The Bertz CT molecular complexity index is 352. The van der Waals surface area contributed by atoms with E-state index < -0.39 is 0 Å². The van der Waals surface area contributed by atoms with Gasteiger partial charge in [0.25, 0.3) is 5.56 Å². The number of rotatable bonds is 2. The quantitative estimate of drug-likeness (QED) is 0.747. The van der Waals surface area contributed by atoms with Gasteiger partial charge in [0.05, 0.1) is 5.69 Å². The van der Waals surface area contributed by atoms with Crippen LogP contribution < -0.4 is 11.3 Å². The number of aryl methyl sites for hydroxylation is 1. The zero-order valence-electron chi connectivity index (χ0n) is 8.37. The van der Waals surface area contributed by atoms with Crippen LogP contribution in [0.2, 0.25) is 0 Å². The lowest BCUT2D eigenvalue weighted by molar-refractivity contribution is 0.503. The van der Waals surface area contributed by atoms with Crippen molar-refractivity contribution in [2.45, 2.75) is 27.3 Å². The molecule has 0 spiro atoms. The first-order chi connectivity index (χ1) is 6.02. The molecule has 1 aromatic heterocycles. The monoisotopic (exact) mass is 180 g/mol. The highest BCUT2D eigenvalue weighted by atomic mass is 16.1. The van der Waals surface area contributed by atoms with Gasteiger partial charge < -0.3 is 10.3 Å². The summed E-state index contributed by atoms with van der Waals surface area (Å²) in [6.45, 7) is 6.81. The van der Waals surface area contributed by atoms with Gasteiger partial charge in [0.2, 0.25) is 0 Å². The fourth-order valence-corrected chi connectivity index (χ4v) is 1.28. The number of nitrogens with zero attached hydrogens (tertiary/aromatic N) is 1. The van der Waals surface area contributed by atoms with E-state index in [0.29, 0.717) is 11.6 Å². The maximum Gasteiger partial charge on any atom is 0.273 e. The lowest BCUT2D eigenvalue weighted by Gasteiger charge is -2.12. The molecule has 0 unspecified atom stereocenters. The summed E-state index contributed by atoms with van der Waals surface area (Å²) in [5, 5.41) is 0. The van der Waals surface area contributed by atoms with Gasteiger partial charge in [-0.1, -0.05) is 13.8 Å². The maximum atomic E-state index is 11.6. The summed E-state index contributed by atoms with van der Waals surface area (Å²) in [6, 6.07) is 3.54. The molecule has 0 saturated carbocycles. The number of pyridine rings is 1. The molecule has 0 bridgehead atoms. The molecular weight excluding hydrogens is 164 g/mol. The Balaban J connectivity index is 3.18. The number of nitrogens with two attached hydrogens (primary N) is 1. The van der Waals surface area contributed by atoms with Crippen LogP contribution in [0.1, 0.15) is 19.5 Å². The van der Waals surface area contributed by atoms with E-state index in [0.717, 1.165) is 12.2 Å². The van der Waals surface area contributed by atoms with E-state index >= 15 is 0 Å². The molecule has 1 rings (SSSR count). The zero-order chi connectivity index (χ0) is 10.0. The van der Waals surface area contributed by atoms with Crippen molar-refractivity contribution >= 4 is 5.69 Å². The zero-order valence-corrected chi connectivity index (χ0v) is 8.37. The highest BCUT2D eigenvalue weighted by molar-refractivity contribution is 5.35. The van der Waals surface area contributed by atoms with Gasteiger partial charge >= 0.3 is 0 Å². The van der Waals surface area contributed by atoms with E-state index in [9.17, 15) is 4.79 Å². The van der Waals surface area contributed by atoms with Crippen molar-refractivity contribution in [1.29, 1.82) is 0 Å². The molecule has 0 aliphatic carbocycles. The molecule has 1 heterocycles. The van der Waals surface area contributed by atoms with E-state index in [1.165, 1.54) is 0 Å². The molecule has 0 saturated heterocycles. The topological polar surface area (TPSA) is 48.0 Å². The minimum Gasteiger partial charge on any atom is -0.394 e. The predicted octanol–water partition coefficient (Wildman–Crippen LogP) is 1.39. The smallest absolute Gasteiger partial charge is 0.273 e. The van der Waals surface area contributed by atoms with Gasteiger partial charge in [-0.05, 0) is 25.0 Å². The molecule has 1 aromatic rings. The third kappa shape index (κ3) is 2.11. The molecule has 0 atom stereocenters. The Morgan fingerprint density at radius 3 is 2.62 bits per heavy atom. The summed E-state index contributed by atoms with van der Waals surface area (Å²) in [4.78, 5) is 11.6. The summed E-state index contributed by atoms with van der Waals surface area (Å²) in [6.07, 6.45) is 0. The van der Waals surface area contributed by atoms with Crippen molar-refractivity contribution in [1.82, 2.24) is 4.57 Å². The molecule has 3 heteroatoms. The Kier molecular flexibility index (Phi) is 2.76. The summed E-state index contributed by atoms with van der Waals surface area (Å²) >= 11 is 0. The lowest BCUT2D eigenvalue weighted by atomic mass is 10.2. The number of nitrogen functional groups attached to an aromatic ring is 1. The highest BCUT2D eigenvalue weighted by Crippen LogP contribution is 2.03. The van der Waals surface area contributed by atoms with Crippen LogP contribution in [0.25, 0.3) is 0 Å². The van der Waals surface area contributed by atoms with Crippen LogP contribution in [-0.4, -0.2) is 4.57 Å². The van der Waals surface area contributed by atoms with Gasteiger partial charge in [-0.3, -0.25) is 4.79 Å². The molecule has 0 radical (unpaired) electrons. The second-order valence-corrected chi connectivity index (χ2v) is 3.74. The average Bonchev–Trinajstić information content (AvgIpc) is 2.05. The van der Waals surface area contributed by atoms with Gasteiger partial charge in [0.15, 0.2) is 0 Å². The van der Waals surface area contributed by atoms with Crippen molar-refractivity contribution in [2.75, 3.05) is 5.73 Å². The van der Waals surface area contributed by atoms with Crippen LogP contribution in [0, 0.1) is 12.8 Å². The van der Waals surface area contributed by atoms with Gasteiger partial charge in [-0.25, -0.2) is 0 Å². The van der Waals surface area contributed by atoms with Crippen molar-refractivity contribution < 1.29 is 0 Å². The van der Waals surface area contributed by atoms with Gasteiger partial charge in [0.1, 0.15) is 0 Å². The first-order valence-electron chi connectivity index (χ1n) is 4.48. The van der Waals surface area contributed by atoms with Crippen molar-refractivity contribution in [3.8, 4) is 0 Å². The molecular formula is C10H16N2O. The summed E-state index contributed by atoms with van der Waals surface area (Å²) in [5.74, 6) is 0.457. The molecule has 13 heavy (non-hydrogen) atoms. The molecule has 0 fully saturated rings. The minimum absolute atomic E-state index is 0.0753. The van der Waals surface area contributed by atoms with E-state index in [1.807, 2.05) is 13.0 Å². The van der Waals surface area contributed by atoms with Crippen molar-refractivity contribution in [3.05, 3.63) is 28.2 Å². The number of anilines is 1. The number of hydrogen-bond donors (Lipinski definition) is 1. The van der Waals surface area contributed by atoms with Crippen LogP contribution in [0.15, 0.2) is 16.9 Å². The molecule has 2 N–H and O–H groups in total. The van der Waals surface area contributed by atoms with E-state index in [-0.39, 0.29) is 5.56 Å². The molecule has 0 aromatic carbocycles. The molecule has 0 amide bonds. The third-order valence-electron chi connectivity index (χ3n) is 1.97. The van der Waals surface area contributed by atoms with Gasteiger partial charge in [-0.2, -0.15) is 0 Å². The number of aromatic nitrogens is 1. The van der Waals surface area contributed by atoms with Crippen LogP contribution in [-0.2, 0) is 6.54 Å². The molecule has 0 aliphatic heterocycles. The maximum absolute atomic E-state index is 11.6. The van der Waals surface area contributed by atoms with E-state index in [4.69, 9.17) is 5.73 Å². The summed E-state index contributed by atoms with van der Waals surface area (Å²) in [5.41, 5.74) is 6.75. The van der Waals surface area contributed by atoms with Crippen molar-refractivity contribution in [3.63, 3.8) is 0 Å². The lowest BCUT2D eigenvalue weighted by Crippen LogP contribution is -2.26. The second kappa shape index (κ2) is 3.64. The molecule has 3 nitrogen and oxygen atoms in total. The fourth-order valence-electron chi connectivity index (χ4n) is 1.28. The SMILES string of the molecule is Cc1ccc(N)c(=O)n1CC(C)C. The Hall–Kier alpha value is -1.25. The minimum atomic E-state index is -0.0753. The van der Waals surface area contributed by atoms with Crippen LogP contribution in [0.5, 0.6) is 0 Å². The third-order valence-corrected chi connectivity index (χ3v) is 1.97. The van der Waals surface area contributed by atoms with Crippen LogP contribution in [0.3, 0.4) is 0 Å². The molecule has 72 valence electrons. The summed E-state index contributed by atoms with van der Waals surface area (Å²) < 4.78 is 1.72. The Labute approximate surface area is 78.2 Å². The Morgan fingerprint density at radius 1 is 1.46 bits per heavy atom. The van der Waals surface area contributed by atoms with Gasteiger partial charge in [0, 0.05) is 12.2 Å². The summed E-state index contributed by atoms with van der Waals surface area (Å²) in [7, 11) is 0.